The Hall–Kier alpha value is -1.55. The highest BCUT2D eigenvalue weighted by atomic mass is 16.3. The molecule has 21 heavy (non-hydrogen) atoms. The van der Waals surface area contributed by atoms with Crippen molar-refractivity contribution in [2.45, 2.75) is 51.5 Å². The fourth-order valence-corrected chi connectivity index (χ4v) is 3.16. The van der Waals surface area contributed by atoms with Gasteiger partial charge in [-0.1, -0.05) is 37.8 Å². The third-order valence-corrected chi connectivity index (χ3v) is 4.65. The minimum absolute atomic E-state index is 0.0581. The predicted molar refractivity (Wildman–Crippen MR) is 83.9 cm³/mol. The smallest absolute Gasteiger partial charge is 0.227 e. The molecule has 1 atom stereocenters. The highest BCUT2D eigenvalue weighted by molar-refractivity contribution is 5.83. The number of hydrogen-bond donors (Lipinski definition) is 3. The quantitative estimate of drug-likeness (QED) is 0.746. The monoisotopic (exact) mass is 290 g/mol. The van der Waals surface area contributed by atoms with Gasteiger partial charge in [0.2, 0.25) is 5.91 Å². The minimum atomic E-state index is -0.415. The molecule has 2 rings (SSSR count). The molecule has 0 aliphatic heterocycles. The molecular weight excluding hydrogens is 264 g/mol. The topological polar surface area (TPSA) is 75.4 Å². The van der Waals surface area contributed by atoms with E-state index in [1.165, 1.54) is 12.8 Å². The highest BCUT2D eigenvalue weighted by Crippen LogP contribution is 2.35. The zero-order valence-electron chi connectivity index (χ0n) is 12.8. The van der Waals surface area contributed by atoms with Gasteiger partial charge in [0.15, 0.2) is 0 Å². The number of phenolic OH excluding ortho intramolecular Hbond substituents is 1. The molecule has 0 saturated heterocycles. The third kappa shape index (κ3) is 3.76. The molecule has 0 spiro atoms. The molecule has 0 bridgehead atoms. The van der Waals surface area contributed by atoms with Crippen LogP contribution in [-0.4, -0.2) is 17.6 Å². The van der Waals surface area contributed by atoms with Gasteiger partial charge in [0.1, 0.15) is 5.75 Å². The van der Waals surface area contributed by atoms with Crippen molar-refractivity contribution in [2.24, 2.45) is 11.1 Å². The molecule has 1 aromatic rings. The summed E-state index contributed by atoms with van der Waals surface area (Å²) in [5.41, 5.74) is 6.44. The molecule has 1 aliphatic rings. The second-order valence-corrected chi connectivity index (χ2v) is 6.19. The predicted octanol–water partition coefficient (Wildman–Crippen LogP) is 2.87. The summed E-state index contributed by atoms with van der Waals surface area (Å²) < 4.78 is 0. The van der Waals surface area contributed by atoms with Crippen molar-refractivity contribution >= 4 is 5.91 Å². The lowest BCUT2D eigenvalue weighted by molar-refractivity contribution is -0.132. The highest BCUT2D eigenvalue weighted by Gasteiger charge is 2.37. The molecule has 0 heterocycles. The number of carbonyl (C=O) groups is 1. The number of aromatic hydroxyl groups is 1. The maximum absolute atomic E-state index is 12.7. The van der Waals surface area contributed by atoms with Crippen LogP contribution < -0.4 is 11.1 Å². The van der Waals surface area contributed by atoms with Gasteiger partial charge in [0.25, 0.3) is 0 Å². The first-order valence-electron chi connectivity index (χ1n) is 7.87. The first-order chi connectivity index (χ1) is 10.1. The second-order valence-electron chi connectivity index (χ2n) is 6.19. The Morgan fingerprint density at radius 2 is 2.00 bits per heavy atom. The molecule has 1 amide bonds. The normalized spacial score (nSPS) is 19.5. The SMILES string of the molecule is CC(NC(=O)C1(CN)CCCCCC1)c1cccc(O)c1. The number of phenols is 1. The van der Waals surface area contributed by atoms with Gasteiger partial charge in [-0.2, -0.15) is 0 Å². The van der Waals surface area contributed by atoms with Crippen LogP contribution in [0.5, 0.6) is 5.75 Å². The maximum Gasteiger partial charge on any atom is 0.227 e. The van der Waals surface area contributed by atoms with Crippen molar-refractivity contribution in [2.75, 3.05) is 6.54 Å². The van der Waals surface area contributed by atoms with Crippen LogP contribution in [0.2, 0.25) is 0 Å². The summed E-state index contributed by atoms with van der Waals surface area (Å²) in [7, 11) is 0. The first kappa shape index (κ1) is 15.8. The third-order valence-electron chi connectivity index (χ3n) is 4.65. The Bertz CT molecular complexity index is 479. The Labute approximate surface area is 126 Å². The lowest BCUT2D eigenvalue weighted by Gasteiger charge is -2.31. The number of amides is 1. The molecule has 116 valence electrons. The summed E-state index contributed by atoms with van der Waals surface area (Å²) in [4.78, 5) is 12.7. The summed E-state index contributed by atoms with van der Waals surface area (Å²) in [6.45, 7) is 2.35. The van der Waals surface area contributed by atoms with E-state index in [9.17, 15) is 9.90 Å². The van der Waals surface area contributed by atoms with Crippen LogP contribution in [0.1, 0.15) is 57.1 Å². The Balaban J connectivity index is 2.08. The number of nitrogens with one attached hydrogen (secondary N) is 1. The molecule has 1 saturated carbocycles. The van der Waals surface area contributed by atoms with E-state index in [1.807, 2.05) is 13.0 Å². The Morgan fingerprint density at radius 1 is 1.33 bits per heavy atom. The van der Waals surface area contributed by atoms with Crippen molar-refractivity contribution in [3.8, 4) is 5.75 Å². The van der Waals surface area contributed by atoms with Gasteiger partial charge in [-0.05, 0) is 37.5 Å². The number of rotatable bonds is 4. The largest absolute Gasteiger partial charge is 0.508 e. The molecule has 4 nitrogen and oxygen atoms in total. The number of nitrogens with two attached hydrogens (primary N) is 1. The van der Waals surface area contributed by atoms with Gasteiger partial charge < -0.3 is 16.2 Å². The van der Waals surface area contributed by atoms with Crippen molar-refractivity contribution in [1.82, 2.24) is 5.32 Å². The molecular formula is C17H26N2O2. The van der Waals surface area contributed by atoms with Gasteiger partial charge in [-0.25, -0.2) is 0 Å². The summed E-state index contributed by atoms with van der Waals surface area (Å²) in [5.74, 6) is 0.277. The molecule has 1 fully saturated rings. The average Bonchev–Trinajstić information content (AvgIpc) is 2.73. The van der Waals surface area contributed by atoms with Gasteiger partial charge in [-0.15, -0.1) is 0 Å². The van der Waals surface area contributed by atoms with Crippen molar-refractivity contribution in [3.05, 3.63) is 29.8 Å². The molecule has 1 unspecified atom stereocenters. The molecule has 4 heteroatoms. The summed E-state index contributed by atoms with van der Waals surface area (Å²) in [6.07, 6.45) is 6.29. The van der Waals surface area contributed by atoms with E-state index in [4.69, 9.17) is 5.73 Å². The van der Waals surface area contributed by atoms with Crippen LogP contribution >= 0.6 is 0 Å². The van der Waals surface area contributed by atoms with Gasteiger partial charge in [-0.3, -0.25) is 4.79 Å². The number of hydrogen-bond acceptors (Lipinski definition) is 3. The zero-order chi connectivity index (χ0) is 15.3. The summed E-state index contributed by atoms with van der Waals surface area (Å²) >= 11 is 0. The van der Waals surface area contributed by atoms with Crippen LogP contribution in [0.15, 0.2) is 24.3 Å². The number of benzene rings is 1. The van der Waals surface area contributed by atoms with E-state index in [1.54, 1.807) is 18.2 Å². The molecule has 1 aromatic carbocycles. The van der Waals surface area contributed by atoms with E-state index >= 15 is 0 Å². The fraction of sp³-hybridized carbons (Fsp3) is 0.588. The van der Waals surface area contributed by atoms with Crippen LogP contribution in [0, 0.1) is 5.41 Å². The van der Waals surface area contributed by atoms with Crippen molar-refractivity contribution in [3.63, 3.8) is 0 Å². The Morgan fingerprint density at radius 3 is 2.57 bits per heavy atom. The maximum atomic E-state index is 12.7. The second kappa shape index (κ2) is 6.94. The Kier molecular flexibility index (Phi) is 5.23. The zero-order valence-corrected chi connectivity index (χ0v) is 12.8. The molecule has 0 aromatic heterocycles. The average molecular weight is 290 g/mol. The molecule has 0 radical (unpaired) electrons. The van der Waals surface area contributed by atoms with Crippen LogP contribution in [0.3, 0.4) is 0 Å². The lowest BCUT2D eigenvalue weighted by Crippen LogP contribution is -2.46. The van der Waals surface area contributed by atoms with E-state index in [2.05, 4.69) is 5.32 Å². The number of carbonyl (C=O) groups excluding carboxylic acids is 1. The van der Waals surface area contributed by atoms with E-state index < -0.39 is 5.41 Å². The van der Waals surface area contributed by atoms with Crippen molar-refractivity contribution < 1.29 is 9.90 Å². The van der Waals surface area contributed by atoms with E-state index in [0.29, 0.717) is 6.54 Å². The standard InChI is InChI=1S/C17H26N2O2/c1-13(14-7-6-8-15(20)11-14)19-16(21)17(12-18)9-4-2-3-5-10-17/h6-8,11,13,20H,2-5,9-10,12,18H2,1H3,(H,19,21). The van der Waals surface area contributed by atoms with Crippen LogP contribution in [0.25, 0.3) is 0 Å². The fourth-order valence-electron chi connectivity index (χ4n) is 3.16. The van der Waals surface area contributed by atoms with Crippen LogP contribution in [-0.2, 0) is 4.79 Å². The van der Waals surface area contributed by atoms with Gasteiger partial charge >= 0.3 is 0 Å². The van der Waals surface area contributed by atoms with Crippen molar-refractivity contribution in [1.29, 1.82) is 0 Å². The molecule has 4 N–H and O–H groups in total. The molecule has 1 aliphatic carbocycles. The minimum Gasteiger partial charge on any atom is -0.508 e. The van der Waals surface area contributed by atoms with Crippen LogP contribution in [0.4, 0.5) is 0 Å². The van der Waals surface area contributed by atoms with Gasteiger partial charge in [0.05, 0.1) is 11.5 Å². The summed E-state index contributed by atoms with van der Waals surface area (Å²) in [6, 6.07) is 6.89. The van der Waals surface area contributed by atoms with E-state index in [-0.39, 0.29) is 17.7 Å². The van der Waals surface area contributed by atoms with Gasteiger partial charge in [0, 0.05) is 6.54 Å². The lowest BCUT2D eigenvalue weighted by atomic mass is 9.79. The summed E-state index contributed by atoms with van der Waals surface area (Å²) in [5, 5.41) is 12.6. The van der Waals surface area contributed by atoms with E-state index in [0.717, 1.165) is 31.2 Å². The first-order valence-corrected chi connectivity index (χ1v) is 7.87.